The second kappa shape index (κ2) is 7.15. The van der Waals surface area contributed by atoms with E-state index in [1.165, 1.54) is 16.9 Å². The van der Waals surface area contributed by atoms with Crippen molar-refractivity contribution in [1.82, 2.24) is 15.0 Å². The number of aryl methyl sites for hydroxylation is 3. The van der Waals surface area contributed by atoms with Gasteiger partial charge in [0.1, 0.15) is 22.5 Å². The molecule has 5 rings (SSSR count). The zero-order valence-electron chi connectivity index (χ0n) is 16.2. The van der Waals surface area contributed by atoms with Gasteiger partial charge < -0.3 is 15.4 Å². The number of carboxylic acid groups (broad SMARTS) is 1. The van der Waals surface area contributed by atoms with Crippen LogP contribution in [0.3, 0.4) is 0 Å². The molecule has 0 radical (unpaired) electrons. The summed E-state index contributed by atoms with van der Waals surface area (Å²) >= 11 is 1.73. The van der Waals surface area contributed by atoms with Gasteiger partial charge in [-0.15, -0.1) is 11.3 Å². The van der Waals surface area contributed by atoms with E-state index < -0.39 is 12.0 Å². The van der Waals surface area contributed by atoms with E-state index in [1.54, 1.807) is 11.3 Å². The van der Waals surface area contributed by atoms with Gasteiger partial charge in [0.05, 0.1) is 5.39 Å². The van der Waals surface area contributed by atoms with Crippen LogP contribution < -0.4 is 5.32 Å². The summed E-state index contributed by atoms with van der Waals surface area (Å²) in [7, 11) is 0. The van der Waals surface area contributed by atoms with Gasteiger partial charge in [-0.1, -0.05) is 18.2 Å². The topological polar surface area (TPSA) is 90.9 Å². The number of aromatic amines is 1. The van der Waals surface area contributed by atoms with Crippen molar-refractivity contribution in [1.29, 1.82) is 0 Å². The average molecular weight is 407 g/mol. The number of thiophene rings is 1. The normalized spacial score (nSPS) is 14.8. The number of carbonyl (C=O) groups is 1. The van der Waals surface area contributed by atoms with Crippen molar-refractivity contribution in [3.63, 3.8) is 0 Å². The molecule has 0 unspecified atom stereocenters. The standard InChI is InChI=1S/C22H22N4O2S/c1-12-24-20(19-15-7-3-5-9-18(15)29-21(19)25-12)26-17(22(27)28)10-13-11-23-16-8-4-2-6-14(13)16/h2,4,6,8,11,17,23H,3,5,7,9-10H2,1H3,(H,27,28)(H,24,25,26)/t17-/m1/s1. The minimum atomic E-state index is -0.885. The predicted molar refractivity (Wildman–Crippen MR) is 116 cm³/mol. The molecule has 29 heavy (non-hydrogen) atoms. The van der Waals surface area contributed by atoms with Crippen molar-refractivity contribution < 1.29 is 9.90 Å². The Hall–Kier alpha value is -2.93. The van der Waals surface area contributed by atoms with E-state index in [0.717, 1.165) is 45.9 Å². The lowest BCUT2D eigenvalue weighted by molar-refractivity contribution is -0.137. The average Bonchev–Trinajstić information content (AvgIpc) is 3.28. The summed E-state index contributed by atoms with van der Waals surface area (Å²) in [6.07, 6.45) is 6.71. The molecule has 0 saturated carbocycles. The highest BCUT2D eigenvalue weighted by Crippen LogP contribution is 2.38. The first-order valence-corrected chi connectivity index (χ1v) is 10.7. The maximum Gasteiger partial charge on any atom is 0.326 e. The number of anilines is 1. The minimum Gasteiger partial charge on any atom is -0.480 e. The molecule has 6 nitrogen and oxygen atoms in total. The fourth-order valence-corrected chi connectivity index (χ4v) is 5.56. The summed E-state index contributed by atoms with van der Waals surface area (Å²) in [5.74, 6) is 0.428. The van der Waals surface area contributed by atoms with E-state index in [0.29, 0.717) is 18.1 Å². The van der Waals surface area contributed by atoms with Crippen LogP contribution in [0.1, 0.15) is 34.7 Å². The predicted octanol–water partition coefficient (Wildman–Crippen LogP) is 4.47. The van der Waals surface area contributed by atoms with E-state index in [9.17, 15) is 9.90 Å². The number of hydrogen-bond acceptors (Lipinski definition) is 5. The van der Waals surface area contributed by atoms with Gasteiger partial charge in [-0.05, 0) is 49.8 Å². The molecule has 0 bridgehead atoms. The fourth-order valence-electron chi connectivity index (χ4n) is 4.25. The lowest BCUT2D eigenvalue weighted by atomic mass is 9.97. The van der Waals surface area contributed by atoms with E-state index in [4.69, 9.17) is 0 Å². The Morgan fingerprint density at radius 1 is 1.28 bits per heavy atom. The summed E-state index contributed by atoms with van der Waals surface area (Å²) in [4.78, 5) is 26.9. The van der Waals surface area contributed by atoms with E-state index in [-0.39, 0.29) is 0 Å². The Morgan fingerprint density at radius 3 is 2.97 bits per heavy atom. The molecular formula is C22H22N4O2S. The Labute approximate surface area is 172 Å². The van der Waals surface area contributed by atoms with Crippen molar-refractivity contribution in [2.45, 2.75) is 45.1 Å². The Morgan fingerprint density at radius 2 is 2.10 bits per heavy atom. The van der Waals surface area contributed by atoms with Crippen LogP contribution in [0.4, 0.5) is 5.82 Å². The Balaban J connectivity index is 1.53. The van der Waals surface area contributed by atoms with E-state index in [2.05, 4.69) is 20.3 Å². The number of benzene rings is 1. The van der Waals surface area contributed by atoms with Gasteiger partial charge in [0.2, 0.25) is 0 Å². The molecule has 1 atom stereocenters. The molecule has 0 fully saturated rings. The number of carboxylic acids is 1. The zero-order chi connectivity index (χ0) is 20.0. The summed E-state index contributed by atoms with van der Waals surface area (Å²) in [5.41, 5.74) is 3.30. The third kappa shape index (κ3) is 3.25. The second-order valence-electron chi connectivity index (χ2n) is 7.61. The van der Waals surface area contributed by atoms with Gasteiger partial charge in [0.15, 0.2) is 0 Å². The highest BCUT2D eigenvalue weighted by molar-refractivity contribution is 7.19. The molecule has 0 saturated heterocycles. The largest absolute Gasteiger partial charge is 0.480 e. The highest BCUT2D eigenvalue weighted by atomic mass is 32.1. The maximum absolute atomic E-state index is 12.1. The minimum absolute atomic E-state index is 0.371. The van der Waals surface area contributed by atoms with Gasteiger partial charge in [-0.3, -0.25) is 0 Å². The molecule has 1 aromatic carbocycles. The molecular weight excluding hydrogens is 384 g/mol. The van der Waals surface area contributed by atoms with Crippen LogP contribution in [0.2, 0.25) is 0 Å². The van der Waals surface area contributed by atoms with Crippen LogP contribution in [0.15, 0.2) is 30.5 Å². The van der Waals surface area contributed by atoms with Gasteiger partial charge in [0.25, 0.3) is 0 Å². The smallest absolute Gasteiger partial charge is 0.326 e. The number of aliphatic carboxylic acids is 1. The van der Waals surface area contributed by atoms with Crippen LogP contribution in [0.25, 0.3) is 21.1 Å². The monoisotopic (exact) mass is 406 g/mol. The summed E-state index contributed by atoms with van der Waals surface area (Å²) in [6.45, 7) is 1.86. The SMILES string of the molecule is Cc1nc(N[C@H](Cc2c[nH]c3ccccc23)C(=O)O)c2c3c(sc2n1)CCCC3. The summed E-state index contributed by atoms with van der Waals surface area (Å²) in [6, 6.07) is 7.18. The summed E-state index contributed by atoms with van der Waals surface area (Å²) < 4.78 is 0. The number of para-hydroxylation sites is 1. The number of aromatic nitrogens is 3. The molecule has 1 aliphatic rings. The lowest BCUT2D eigenvalue weighted by Gasteiger charge is -2.17. The van der Waals surface area contributed by atoms with Gasteiger partial charge in [-0.25, -0.2) is 14.8 Å². The molecule has 148 valence electrons. The molecule has 0 aliphatic heterocycles. The number of fused-ring (bicyclic) bond motifs is 4. The molecule has 0 spiro atoms. The number of hydrogen-bond donors (Lipinski definition) is 3. The highest BCUT2D eigenvalue weighted by Gasteiger charge is 2.25. The number of nitrogens with one attached hydrogen (secondary N) is 2. The first-order valence-electron chi connectivity index (χ1n) is 9.93. The molecule has 0 amide bonds. The van der Waals surface area contributed by atoms with Gasteiger partial charge in [-0.2, -0.15) is 0 Å². The zero-order valence-corrected chi connectivity index (χ0v) is 17.0. The Bertz CT molecular complexity index is 1230. The third-order valence-corrected chi connectivity index (χ3v) is 6.82. The number of rotatable bonds is 5. The second-order valence-corrected chi connectivity index (χ2v) is 8.69. The number of nitrogens with zero attached hydrogens (tertiary/aromatic N) is 2. The molecule has 3 heterocycles. The summed E-state index contributed by atoms with van der Waals surface area (Å²) in [5, 5.41) is 15.2. The molecule has 4 aromatic rings. The van der Waals surface area contributed by atoms with Crippen LogP contribution in [0.5, 0.6) is 0 Å². The van der Waals surface area contributed by atoms with Crippen molar-refractivity contribution >= 4 is 44.2 Å². The third-order valence-electron chi connectivity index (χ3n) is 5.63. The maximum atomic E-state index is 12.1. The van der Waals surface area contributed by atoms with Crippen molar-refractivity contribution in [2.75, 3.05) is 5.32 Å². The van der Waals surface area contributed by atoms with Crippen molar-refractivity contribution in [3.05, 3.63) is 52.3 Å². The first-order chi connectivity index (χ1) is 14.1. The van der Waals surface area contributed by atoms with Gasteiger partial charge in [0, 0.05) is 28.4 Å². The van der Waals surface area contributed by atoms with E-state index >= 15 is 0 Å². The first kappa shape index (κ1) is 18.1. The van der Waals surface area contributed by atoms with Crippen LogP contribution in [-0.2, 0) is 24.1 Å². The van der Waals surface area contributed by atoms with Crippen molar-refractivity contribution in [3.8, 4) is 0 Å². The molecule has 3 N–H and O–H groups in total. The van der Waals surface area contributed by atoms with Gasteiger partial charge >= 0.3 is 5.97 Å². The van der Waals surface area contributed by atoms with Crippen LogP contribution in [-0.4, -0.2) is 32.1 Å². The quantitative estimate of drug-likeness (QED) is 0.455. The van der Waals surface area contributed by atoms with Crippen LogP contribution >= 0.6 is 11.3 Å². The van der Waals surface area contributed by atoms with Crippen molar-refractivity contribution in [2.24, 2.45) is 0 Å². The molecule has 3 aromatic heterocycles. The lowest BCUT2D eigenvalue weighted by Crippen LogP contribution is -2.32. The molecule has 7 heteroatoms. The number of H-pyrrole nitrogens is 1. The fraction of sp³-hybridized carbons (Fsp3) is 0.318. The molecule has 1 aliphatic carbocycles. The van der Waals surface area contributed by atoms with Crippen LogP contribution in [0, 0.1) is 6.92 Å². The Kier molecular flexibility index (Phi) is 4.47. The van der Waals surface area contributed by atoms with E-state index in [1.807, 2.05) is 37.4 Å².